The summed E-state index contributed by atoms with van der Waals surface area (Å²) in [5, 5.41) is 4.32. The highest BCUT2D eigenvalue weighted by atomic mass is 32.1. The van der Waals surface area contributed by atoms with Gasteiger partial charge in [-0.15, -0.1) is 22.7 Å². The van der Waals surface area contributed by atoms with Crippen molar-refractivity contribution in [3.05, 3.63) is 74.6 Å². The molecular weight excluding hydrogens is 348 g/mol. The number of likely N-dealkylation sites (N-methyl/N-ethyl adjacent to an activating group) is 1. The van der Waals surface area contributed by atoms with Crippen LogP contribution in [-0.2, 0) is 11.2 Å². The molecule has 1 N–H and O–H groups in total. The molecule has 3 aromatic rings. The van der Waals surface area contributed by atoms with Gasteiger partial charge in [-0.1, -0.05) is 24.3 Å². The molecule has 2 aromatic heterocycles. The van der Waals surface area contributed by atoms with Gasteiger partial charge in [0.25, 0.3) is 5.91 Å². The minimum Gasteiger partial charge on any atom is -0.316 e. The van der Waals surface area contributed by atoms with Gasteiger partial charge in [0, 0.05) is 29.6 Å². The van der Waals surface area contributed by atoms with Gasteiger partial charge in [0.1, 0.15) is 6.04 Å². The molecule has 4 rings (SSSR count). The Hall–Kier alpha value is -1.95. The van der Waals surface area contributed by atoms with Crippen molar-refractivity contribution in [2.45, 2.75) is 12.5 Å². The van der Waals surface area contributed by atoms with Gasteiger partial charge in [0.2, 0.25) is 0 Å². The Bertz CT molecular complexity index is 842. The molecule has 5 heteroatoms. The molecule has 0 bridgehead atoms. The van der Waals surface area contributed by atoms with Crippen LogP contribution in [-0.4, -0.2) is 26.0 Å². The Balaban J connectivity index is 1.58. The topological polar surface area (TPSA) is 24.8 Å². The quantitative estimate of drug-likeness (QED) is 0.751. The van der Waals surface area contributed by atoms with Crippen molar-refractivity contribution in [2.24, 2.45) is 0 Å². The number of thiophene rings is 2. The van der Waals surface area contributed by atoms with Gasteiger partial charge < -0.3 is 9.80 Å². The van der Waals surface area contributed by atoms with Gasteiger partial charge in [0.15, 0.2) is 6.54 Å². The minimum atomic E-state index is 0.168. The Morgan fingerprint density at radius 2 is 1.96 bits per heavy atom. The number of amides is 1. The number of quaternary nitrogens is 1. The first kappa shape index (κ1) is 16.5. The summed E-state index contributed by atoms with van der Waals surface area (Å²) in [6, 6.07) is 16.7. The average Bonchev–Trinajstić information content (AvgIpc) is 3.33. The van der Waals surface area contributed by atoms with Crippen molar-refractivity contribution < 1.29 is 9.69 Å². The lowest BCUT2D eigenvalue weighted by atomic mass is 9.98. The minimum absolute atomic E-state index is 0.168. The predicted octanol–water partition coefficient (Wildman–Crippen LogP) is 3.00. The summed E-state index contributed by atoms with van der Waals surface area (Å²) < 4.78 is 0. The predicted molar refractivity (Wildman–Crippen MR) is 105 cm³/mol. The third kappa shape index (κ3) is 3.27. The van der Waals surface area contributed by atoms with Crippen molar-refractivity contribution in [2.75, 3.05) is 25.0 Å². The van der Waals surface area contributed by atoms with Crippen LogP contribution in [0.5, 0.6) is 0 Å². The van der Waals surface area contributed by atoms with E-state index in [1.807, 2.05) is 48.7 Å². The molecule has 2 atom stereocenters. The van der Waals surface area contributed by atoms with Gasteiger partial charge in [-0.3, -0.25) is 4.79 Å². The molecule has 1 aromatic carbocycles. The van der Waals surface area contributed by atoms with E-state index < -0.39 is 0 Å². The van der Waals surface area contributed by atoms with E-state index in [0.29, 0.717) is 6.54 Å². The molecule has 1 aliphatic rings. The molecule has 25 heavy (non-hydrogen) atoms. The number of fused-ring (bicyclic) bond motifs is 1. The fraction of sp³-hybridized carbons (Fsp3) is 0.250. The molecule has 1 amide bonds. The monoisotopic (exact) mass is 369 g/mol. The summed E-state index contributed by atoms with van der Waals surface area (Å²) >= 11 is 3.64. The first-order chi connectivity index (χ1) is 12.2. The van der Waals surface area contributed by atoms with Crippen LogP contribution < -0.4 is 9.80 Å². The molecule has 3 heterocycles. The molecule has 0 saturated heterocycles. The lowest BCUT2D eigenvalue weighted by Gasteiger charge is -2.32. The van der Waals surface area contributed by atoms with Crippen LogP contribution in [0, 0.1) is 0 Å². The van der Waals surface area contributed by atoms with E-state index in [4.69, 9.17) is 0 Å². The van der Waals surface area contributed by atoms with E-state index in [2.05, 4.69) is 29.0 Å². The number of carbonyl (C=O) groups is 1. The highest BCUT2D eigenvalue weighted by molar-refractivity contribution is 7.10. The number of nitrogens with zero attached hydrogens (tertiary/aromatic N) is 1. The molecule has 0 saturated carbocycles. The van der Waals surface area contributed by atoms with E-state index in [-0.39, 0.29) is 11.9 Å². The number of benzene rings is 1. The van der Waals surface area contributed by atoms with Crippen molar-refractivity contribution in [3.63, 3.8) is 0 Å². The van der Waals surface area contributed by atoms with E-state index in [1.54, 1.807) is 16.2 Å². The summed E-state index contributed by atoms with van der Waals surface area (Å²) in [4.78, 5) is 18.8. The van der Waals surface area contributed by atoms with Crippen molar-refractivity contribution in [1.29, 1.82) is 0 Å². The summed E-state index contributed by atoms with van der Waals surface area (Å²) in [5.41, 5.74) is 2.36. The summed E-state index contributed by atoms with van der Waals surface area (Å²) in [7, 11) is 1.87. The molecular formula is C20H21N2OS2+. The number of hydrogen-bond acceptors (Lipinski definition) is 3. The smallest absolute Gasteiger partial charge is 0.281 e. The van der Waals surface area contributed by atoms with Crippen LogP contribution in [0.2, 0.25) is 0 Å². The lowest BCUT2D eigenvalue weighted by Crippen LogP contribution is -3.14. The highest BCUT2D eigenvalue weighted by Gasteiger charge is 2.35. The number of carbonyl (C=O) groups excluding carboxylic acids is 1. The zero-order chi connectivity index (χ0) is 17.2. The molecule has 128 valence electrons. The molecule has 0 aliphatic carbocycles. The maximum Gasteiger partial charge on any atom is 0.281 e. The third-order valence-electron chi connectivity index (χ3n) is 4.90. The molecule has 0 fully saturated rings. The molecule has 0 spiro atoms. The first-order valence-electron chi connectivity index (χ1n) is 8.50. The van der Waals surface area contributed by atoms with E-state index in [1.165, 1.54) is 20.2 Å². The second-order valence-electron chi connectivity index (χ2n) is 6.37. The number of rotatable bonds is 4. The molecule has 1 unspecified atom stereocenters. The third-order valence-corrected chi connectivity index (χ3v) is 6.83. The van der Waals surface area contributed by atoms with Crippen LogP contribution in [0.4, 0.5) is 5.69 Å². The van der Waals surface area contributed by atoms with Gasteiger partial charge in [0.05, 0.1) is 11.4 Å². The maximum atomic E-state index is 12.9. The zero-order valence-electron chi connectivity index (χ0n) is 14.1. The Morgan fingerprint density at radius 1 is 1.12 bits per heavy atom. The Morgan fingerprint density at radius 3 is 2.72 bits per heavy atom. The van der Waals surface area contributed by atoms with Crippen LogP contribution in [0.1, 0.15) is 21.4 Å². The van der Waals surface area contributed by atoms with Crippen LogP contribution in [0.3, 0.4) is 0 Å². The number of hydrogen-bond donors (Lipinski definition) is 1. The van der Waals surface area contributed by atoms with Gasteiger partial charge in [-0.2, -0.15) is 0 Å². The lowest BCUT2D eigenvalue weighted by molar-refractivity contribution is -0.919. The highest BCUT2D eigenvalue weighted by Crippen LogP contribution is 2.31. The summed E-state index contributed by atoms with van der Waals surface area (Å²) in [6.45, 7) is 1.52. The second kappa shape index (κ2) is 7.12. The SMILES string of the molecule is CN(C(=O)C[NH+]1CCc2sccc2[C@H]1c1cccs1)c1ccccc1. The van der Waals surface area contributed by atoms with E-state index in [9.17, 15) is 4.79 Å². The molecule has 3 nitrogen and oxygen atoms in total. The molecule has 1 aliphatic heterocycles. The fourth-order valence-corrected chi connectivity index (χ4v) is 5.38. The van der Waals surface area contributed by atoms with Crippen LogP contribution >= 0.6 is 22.7 Å². The van der Waals surface area contributed by atoms with Gasteiger partial charge in [-0.05, 0) is 35.0 Å². The van der Waals surface area contributed by atoms with Gasteiger partial charge >= 0.3 is 0 Å². The Labute approximate surface area is 156 Å². The maximum absolute atomic E-state index is 12.9. The zero-order valence-corrected chi connectivity index (χ0v) is 15.8. The largest absolute Gasteiger partial charge is 0.316 e. The Kier molecular flexibility index (Phi) is 4.70. The van der Waals surface area contributed by atoms with E-state index in [0.717, 1.165) is 18.7 Å². The number of anilines is 1. The normalized spacial score (nSPS) is 19.4. The number of nitrogens with one attached hydrogen (secondary N) is 1. The second-order valence-corrected chi connectivity index (χ2v) is 8.35. The summed E-state index contributed by atoms with van der Waals surface area (Å²) in [5.74, 6) is 0.168. The van der Waals surface area contributed by atoms with E-state index >= 15 is 0 Å². The standard InChI is InChI=1S/C20H20N2OS2/c1-21(15-6-3-2-4-7-15)19(23)14-22-11-9-17-16(10-13-25-17)20(22)18-8-5-12-24-18/h2-8,10,12-13,20H,9,11,14H2,1H3/p+1/t20-/m0/s1. The van der Waals surface area contributed by atoms with Gasteiger partial charge in [-0.25, -0.2) is 0 Å². The van der Waals surface area contributed by atoms with Crippen LogP contribution in [0.15, 0.2) is 59.3 Å². The van der Waals surface area contributed by atoms with Crippen molar-refractivity contribution >= 4 is 34.3 Å². The van der Waals surface area contributed by atoms with Crippen molar-refractivity contribution in [1.82, 2.24) is 0 Å². The fourth-order valence-electron chi connectivity index (χ4n) is 3.56. The first-order valence-corrected chi connectivity index (χ1v) is 10.3. The van der Waals surface area contributed by atoms with Crippen LogP contribution in [0.25, 0.3) is 0 Å². The molecule has 0 radical (unpaired) electrons. The number of para-hydroxylation sites is 1. The average molecular weight is 370 g/mol. The summed E-state index contributed by atoms with van der Waals surface area (Å²) in [6.07, 6.45) is 1.06. The van der Waals surface area contributed by atoms with Crippen molar-refractivity contribution in [3.8, 4) is 0 Å².